The second kappa shape index (κ2) is 6.13. The molecule has 4 nitrogen and oxygen atoms in total. The number of likely N-dealkylation sites (tertiary alicyclic amines) is 2. The van der Waals surface area contributed by atoms with Gasteiger partial charge in [0.15, 0.2) is 0 Å². The zero-order valence-electron chi connectivity index (χ0n) is 11.7. The van der Waals surface area contributed by atoms with Gasteiger partial charge in [0.05, 0.1) is 5.82 Å². The third-order valence-corrected chi connectivity index (χ3v) is 4.31. The number of carbonyl (C=O) groups is 1. The third kappa shape index (κ3) is 3.75. The van der Waals surface area contributed by atoms with Crippen LogP contribution in [0.25, 0.3) is 0 Å². The fourth-order valence-electron chi connectivity index (χ4n) is 2.87. The van der Waals surface area contributed by atoms with Gasteiger partial charge in [-0.1, -0.05) is 18.7 Å². The number of nitrogens with zero attached hydrogens (tertiary/aromatic N) is 2. The van der Waals surface area contributed by atoms with E-state index in [0.29, 0.717) is 24.1 Å². The van der Waals surface area contributed by atoms with Crippen molar-refractivity contribution in [2.45, 2.75) is 32.1 Å². The number of carbonyl (C=O) groups excluding carboxylic acids is 1. The number of amides is 1. The van der Waals surface area contributed by atoms with Gasteiger partial charge in [-0.25, -0.2) is 0 Å². The molecule has 1 amide bonds. The first kappa shape index (κ1) is 14.0. The second-order valence-electron chi connectivity index (χ2n) is 5.76. The molecule has 0 aromatic heterocycles. The minimum atomic E-state index is 0.317. The molecular formula is C15H25N3O. The van der Waals surface area contributed by atoms with Gasteiger partial charge in [0.2, 0.25) is 5.91 Å². The van der Waals surface area contributed by atoms with E-state index in [9.17, 15) is 4.79 Å². The average Bonchev–Trinajstić information content (AvgIpc) is 2.40. The van der Waals surface area contributed by atoms with E-state index in [0.717, 1.165) is 51.9 Å². The Kier molecular flexibility index (Phi) is 4.51. The van der Waals surface area contributed by atoms with E-state index in [1.165, 1.54) is 5.57 Å². The molecule has 4 heteroatoms. The maximum absolute atomic E-state index is 12.2. The Morgan fingerprint density at radius 2 is 1.74 bits per heavy atom. The van der Waals surface area contributed by atoms with Crippen LogP contribution in [0, 0.1) is 5.92 Å². The molecule has 2 rings (SSSR count). The smallest absolute Gasteiger partial charge is 0.222 e. The summed E-state index contributed by atoms with van der Waals surface area (Å²) in [4.78, 5) is 16.3. The standard InChI is InChI=1S/C15H25N3O/c1-12-3-7-18(8-4-12)15(19)11-14-5-9-17(10-6-14)13(2)16/h14H,1-11,16H2. The van der Waals surface area contributed by atoms with E-state index in [-0.39, 0.29) is 0 Å². The predicted molar refractivity (Wildman–Crippen MR) is 77.2 cm³/mol. The lowest BCUT2D eigenvalue weighted by Gasteiger charge is -2.34. The first-order chi connectivity index (χ1) is 9.06. The zero-order valence-corrected chi connectivity index (χ0v) is 11.7. The van der Waals surface area contributed by atoms with Crippen LogP contribution in [0.15, 0.2) is 24.6 Å². The van der Waals surface area contributed by atoms with Gasteiger partial charge in [0, 0.05) is 32.6 Å². The maximum Gasteiger partial charge on any atom is 0.222 e. The monoisotopic (exact) mass is 263 g/mol. The molecule has 0 bridgehead atoms. The molecule has 0 atom stereocenters. The van der Waals surface area contributed by atoms with Crippen molar-refractivity contribution < 1.29 is 4.79 Å². The van der Waals surface area contributed by atoms with E-state index in [2.05, 4.69) is 18.1 Å². The minimum Gasteiger partial charge on any atom is -0.386 e. The highest BCUT2D eigenvalue weighted by molar-refractivity contribution is 5.76. The summed E-state index contributed by atoms with van der Waals surface area (Å²) in [6, 6.07) is 0. The third-order valence-electron chi connectivity index (χ3n) is 4.31. The maximum atomic E-state index is 12.2. The largest absolute Gasteiger partial charge is 0.386 e. The summed E-state index contributed by atoms with van der Waals surface area (Å²) in [6.45, 7) is 11.3. The number of hydrogen-bond acceptors (Lipinski definition) is 3. The van der Waals surface area contributed by atoms with Crippen LogP contribution in [0.5, 0.6) is 0 Å². The number of nitrogens with two attached hydrogens (primary N) is 1. The summed E-state index contributed by atoms with van der Waals surface area (Å²) in [6.07, 6.45) is 4.72. The Morgan fingerprint density at radius 1 is 1.16 bits per heavy atom. The lowest BCUT2D eigenvalue weighted by atomic mass is 9.92. The van der Waals surface area contributed by atoms with Crippen LogP contribution in [0.1, 0.15) is 32.1 Å². The molecule has 2 heterocycles. The fourth-order valence-corrected chi connectivity index (χ4v) is 2.87. The van der Waals surface area contributed by atoms with Crippen LogP contribution < -0.4 is 5.73 Å². The molecule has 2 aliphatic heterocycles. The molecule has 2 aliphatic rings. The lowest BCUT2D eigenvalue weighted by Crippen LogP contribution is -2.40. The highest BCUT2D eigenvalue weighted by atomic mass is 16.2. The van der Waals surface area contributed by atoms with Gasteiger partial charge in [-0.3, -0.25) is 4.79 Å². The molecule has 2 N–H and O–H groups in total. The Labute approximate surface area is 115 Å². The summed E-state index contributed by atoms with van der Waals surface area (Å²) in [5, 5.41) is 0. The molecule has 0 aromatic carbocycles. The SMILES string of the molecule is C=C1CCN(C(=O)CC2CCN(C(=C)N)CC2)CC1. The van der Waals surface area contributed by atoms with Crippen molar-refractivity contribution in [3.63, 3.8) is 0 Å². The van der Waals surface area contributed by atoms with Gasteiger partial charge in [-0.15, -0.1) is 0 Å². The van der Waals surface area contributed by atoms with Crippen LogP contribution >= 0.6 is 0 Å². The topological polar surface area (TPSA) is 49.6 Å². The quantitative estimate of drug-likeness (QED) is 0.788. The van der Waals surface area contributed by atoms with E-state index >= 15 is 0 Å². The number of piperidine rings is 2. The first-order valence-electron chi connectivity index (χ1n) is 7.20. The Bertz CT molecular complexity index is 360. The number of hydrogen-bond donors (Lipinski definition) is 1. The molecule has 0 radical (unpaired) electrons. The van der Waals surface area contributed by atoms with Gasteiger partial charge in [-0.2, -0.15) is 0 Å². The molecule has 2 fully saturated rings. The molecule has 0 aromatic rings. The average molecular weight is 263 g/mol. The Hall–Kier alpha value is -1.45. The highest BCUT2D eigenvalue weighted by Gasteiger charge is 2.25. The summed E-state index contributed by atoms with van der Waals surface area (Å²) >= 11 is 0. The van der Waals surface area contributed by atoms with Crippen molar-refractivity contribution in [3.8, 4) is 0 Å². The van der Waals surface area contributed by atoms with Gasteiger partial charge >= 0.3 is 0 Å². The Morgan fingerprint density at radius 3 is 2.26 bits per heavy atom. The first-order valence-corrected chi connectivity index (χ1v) is 7.20. The molecule has 19 heavy (non-hydrogen) atoms. The van der Waals surface area contributed by atoms with Gasteiger partial charge in [0.25, 0.3) is 0 Å². The molecule has 0 unspecified atom stereocenters. The molecule has 0 aliphatic carbocycles. The van der Waals surface area contributed by atoms with E-state index in [1.54, 1.807) is 0 Å². The van der Waals surface area contributed by atoms with Crippen molar-refractivity contribution in [1.29, 1.82) is 0 Å². The Balaban J connectivity index is 1.74. The molecule has 106 valence electrons. The van der Waals surface area contributed by atoms with Crippen molar-refractivity contribution in [1.82, 2.24) is 9.80 Å². The second-order valence-corrected chi connectivity index (χ2v) is 5.76. The molecular weight excluding hydrogens is 238 g/mol. The number of rotatable bonds is 3. The van der Waals surface area contributed by atoms with Crippen molar-refractivity contribution in [3.05, 3.63) is 24.6 Å². The van der Waals surface area contributed by atoms with E-state index < -0.39 is 0 Å². The van der Waals surface area contributed by atoms with Crippen molar-refractivity contribution in [2.24, 2.45) is 11.7 Å². The van der Waals surface area contributed by atoms with Crippen molar-refractivity contribution in [2.75, 3.05) is 26.2 Å². The summed E-state index contributed by atoms with van der Waals surface area (Å²) in [5.41, 5.74) is 6.97. The zero-order chi connectivity index (χ0) is 13.8. The summed E-state index contributed by atoms with van der Waals surface area (Å²) in [5.74, 6) is 1.48. The van der Waals surface area contributed by atoms with Gasteiger partial charge in [0.1, 0.15) is 0 Å². The molecule has 0 saturated carbocycles. The van der Waals surface area contributed by atoms with Crippen LogP contribution in [-0.2, 0) is 4.79 Å². The lowest BCUT2D eigenvalue weighted by molar-refractivity contribution is -0.133. The highest BCUT2D eigenvalue weighted by Crippen LogP contribution is 2.23. The van der Waals surface area contributed by atoms with E-state index in [4.69, 9.17) is 5.73 Å². The molecule has 2 saturated heterocycles. The van der Waals surface area contributed by atoms with Crippen LogP contribution in [-0.4, -0.2) is 41.9 Å². The van der Waals surface area contributed by atoms with Crippen LogP contribution in [0.4, 0.5) is 0 Å². The normalized spacial score (nSPS) is 21.6. The van der Waals surface area contributed by atoms with Gasteiger partial charge < -0.3 is 15.5 Å². The van der Waals surface area contributed by atoms with E-state index in [1.807, 2.05) is 4.90 Å². The predicted octanol–water partition coefficient (Wildman–Crippen LogP) is 1.70. The summed E-state index contributed by atoms with van der Waals surface area (Å²) in [7, 11) is 0. The fraction of sp³-hybridized carbons (Fsp3) is 0.667. The van der Waals surface area contributed by atoms with Crippen LogP contribution in [0.2, 0.25) is 0 Å². The minimum absolute atomic E-state index is 0.317. The van der Waals surface area contributed by atoms with Crippen molar-refractivity contribution >= 4 is 5.91 Å². The summed E-state index contributed by atoms with van der Waals surface area (Å²) < 4.78 is 0. The molecule has 0 spiro atoms. The van der Waals surface area contributed by atoms with Crippen LogP contribution in [0.3, 0.4) is 0 Å². The van der Waals surface area contributed by atoms with Gasteiger partial charge in [-0.05, 0) is 31.6 Å².